The molecule has 1 aromatic carbocycles. The molecule has 0 spiro atoms. The van der Waals surface area contributed by atoms with Crippen molar-refractivity contribution < 1.29 is 9.53 Å². The van der Waals surface area contributed by atoms with Crippen molar-refractivity contribution in [3.8, 4) is 0 Å². The highest BCUT2D eigenvalue weighted by molar-refractivity contribution is 5.85. The van der Waals surface area contributed by atoms with Crippen molar-refractivity contribution in [1.82, 2.24) is 4.90 Å². The lowest BCUT2D eigenvalue weighted by Crippen LogP contribution is -2.47. The predicted molar refractivity (Wildman–Crippen MR) is 78.0 cm³/mol. The summed E-state index contributed by atoms with van der Waals surface area (Å²) in [6.07, 6.45) is 4.02. The predicted octanol–water partition coefficient (Wildman–Crippen LogP) is 2.33. The lowest BCUT2D eigenvalue weighted by atomic mass is 10.0. The van der Waals surface area contributed by atoms with Crippen molar-refractivity contribution >= 4 is 11.6 Å². The van der Waals surface area contributed by atoms with Gasteiger partial charge < -0.3 is 15.4 Å². The van der Waals surface area contributed by atoms with E-state index in [4.69, 9.17) is 10.5 Å². The SMILES string of the molecule is CC1(C(=O)N(Cc2ccc(N)cc2)C2CC2)CCCO1. The van der Waals surface area contributed by atoms with E-state index in [1.54, 1.807) is 0 Å². The molecule has 108 valence electrons. The van der Waals surface area contributed by atoms with Gasteiger partial charge in [0.1, 0.15) is 5.60 Å². The van der Waals surface area contributed by atoms with E-state index in [0.29, 0.717) is 19.2 Å². The number of nitrogens with two attached hydrogens (primary N) is 1. The number of carbonyl (C=O) groups is 1. The van der Waals surface area contributed by atoms with Crippen LogP contribution in [0.5, 0.6) is 0 Å². The average Bonchev–Trinajstić information content (AvgIpc) is 3.19. The van der Waals surface area contributed by atoms with E-state index in [-0.39, 0.29) is 5.91 Å². The molecular weight excluding hydrogens is 252 g/mol. The minimum absolute atomic E-state index is 0.148. The number of anilines is 1. The molecule has 4 nitrogen and oxygen atoms in total. The van der Waals surface area contributed by atoms with E-state index in [1.807, 2.05) is 36.1 Å². The van der Waals surface area contributed by atoms with Crippen molar-refractivity contribution in [3.63, 3.8) is 0 Å². The zero-order valence-corrected chi connectivity index (χ0v) is 12.0. The van der Waals surface area contributed by atoms with Crippen LogP contribution in [-0.2, 0) is 16.1 Å². The van der Waals surface area contributed by atoms with Crippen molar-refractivity contribution in [2.45, 2.75) is 50.8 Å². The van der Waals surface area contributed by atoms with Crippen molar-refractivity contribution in [2.24, 2.45) is 0 Å². The minimum atomic E-state index is -0.615. The van der Waals surface area contributed by atoms with Crippen LogP contribution < -0.4 is 5.73 Å². The average molecular weight is 274 g/mol. The molecule has 0 radical (unpaired) electrons. The maximum Gasteiger partial charge on any atom is 0.255 e. The molecule has 1 aliphatic carbocycles. The molecule has 2 fully saturated rings. The summed E-state index contributed by atoms with van der Waals surface area (Å²) >= 11 is 0. The van der Waals surface area contributed by atoms with E-state index in [1.165, 1.54) is 0 Å². The monoisotopic (exact) mass is 274 g/mol. The quantitative estimate of drug-likeness (QED) is 0.857. The van der Waals surface area contributed by atoms with Gasteiger partial charge in [-0.05, 0) is 50.3 Å². The number of benzene rings is 1. The second-order valence-electron chi connectivity index (χ2n) is 6.09. The maximum atomic E-state index is 12.8. The molecule has 0 aromatic heterocycles. The summed E-state index contributed by atoms with van der Waals surface area (Å²) in [5.74, 6) is 0.148. The van der Waals surface area contributed by atoms with Gasteiger partial charge in [-0.15, -0.1) is 0 Å². The first kappa shape index (κ1) is 13.4. The van der Waals surface area contributed by atoms with E-state index in [0.717, 1.165) is 36.9 Å². The second-order valence-corrected chi connectivity index (χ2v) is 6.09. The molecule has 3 rings (SSSR count). The van der Waals surface area contributed by atoms with Crippen LogP contribution in [0.3, 0.4) is 0 Å². The molecule has 1 saturated heterocycles. The highest BCUT2D eigenvalue weighted by Crippen LogP contribution is 2.34. The van der Waals surface area contributed by atoms with Gasteiger partial charge in [-0.1, -0.05) is 12.1 Å². The highest BCUT2D eigenvalue weighted by atomic mass is 16.5. The molecule has 1 atom stereocenters. The molecule has 0 bridgehead atoms. The van der Waals surface area contributed by atoms with Crippen LogP contribution in [0, 0.1) is 0 Å². The summed E-state index contributed by atoms with van der Waals surface area (Å²) in [5.41, 5.74) is 6.97. The van der Waals surface area contributed by atoms with Crippen LogP contribution in [0.4, 0.5) is 5.69 Å². The van der Waals surface area contributed by atoms with Crippen LogP contribution >= 0.6 is 0 Å². The van der Waals surface area contributed by atoms with Crippen LogP contribution in [0.1, 0.15) is 38.2 Å². The molecule has 1 aliphatic heterocycles. The lowest BCUT2D eigenvalue weighted by Gasteiger charge is -2.31. The van der Waals surface area contributed by atoms with Gasteiger partial charge in [0.15, 0.2) is 0 Å². The van der Waals surface area contributed by atoms with Gasteiger partial charge in [0, 0.05) is 24.9 Å². The normalized spacial score (nSPS) is 25.6. The molecule has 1 aromatic rings. The summed E-state index contributed by atoms with van der Waals surface area (Å²) < 4.78 is 5.71. The van der Waals surface area contributed by atoms with Gasteiger partial charge in [-0.25, -0.2) is 0 Å². The zero-order chi connectivity index (χ0) is 14.2. The van der Waals surface area contributed by atoms with Crippen molar-refractivity contribution in [2.75, 3.05) is 12.3 Å². The van der Waals surface area contributed by atoms with Crippen molar-refractivity contribution in [1.29, 1.82) is 0 Å². The molecule has 20 heavy (non-hydrogen) atoms. The lowest BCUT2D eigenvalue weighted by molar-refractivity contribution is -0.152. The summed E-state index contributed by atoms with van der Waals surface area (Å²) in [7, 11) is 0. The van der Waals surface area contributed by atoms with E-state index >= 15 is 0 Å². The topological polar surface area (TPSA) is 55.6 Å². The number of amides is 1. The summed E-state index contributed by atoms with van der Waals surface area (Å²) in [5, 5.41) is 0. The fourth-order valence-corrected chi connectivity index (χ4v) is 2.82. The Morgan fingerprint density at radius 2 is 2.10 bits per heavy atom. The first-order valence-corrected chi connectivity index (χ1v) is 7.38. The Balaban J connectivity index is 1.75. The van der Waals surface area contributed by atoms with E-state index in [9.17, 15) is 4.79 Å². The van der Waals surface area contributed by atoms with Gasteiger partial charge in [0.05, 0.1) is 0 Å². The third-order valence-corrected chi connectivity index (χ3v) is 4.25. The number of ether oxygens (including phenoxy) is 1. The Hall–Kier alpha value is -1.55. The van der Waals surface area contributed by atoms with Crippen LogP contribution in [0.25, 0.3) is 0 Å². The van der Waals surface area contributed by atoms with Crippen LogP contribution in [0.2, 0.25) is 0 Å². The summed E-state index contributed by atoms with van der Waals surface area (Å²) in [4.78, 5) is 14.8. The molecule has 1 saturated carbocycles. The van der Waals surface area contributed by atoms with Gasteiger partial charge in [-0.3, -0.25) is 4.79 Å². The second kappa shape index (κ2) is 5.09. The fourth-order valence-electron chi connectivity index (χ4n) is 2.82. The fraction of sp³-hybridized carbons (Fsp3) is 0.562. The number of hydrogen-bond donors (Lipinski definition) is 1. The molecule has 2 N–H and O–H groups in total. The molecule has 4 heteroatoms. The number of nitrogens with zero attached hydrogens (tertiary/aromatic N) is 1. The first-order chi connectivity index (χ1) is 9.58. The number of carbonyl (C=O) groups excluding carboxylic acids is 1. The number of nitrogen functional groups attached to an aromatic ring is 1. The van der Waals surface area contributed by atoms with Gasteiger partial charge in [0.2, 0.25) is 0 Å². The van der Waals surface area contributed by atoms with E-state index < -0.39 is 5.60 Å². The summed E-state index contributed by atoms with van der Waals surface area (Å²) in [6, 6.07) is 8.16. The smallest absolute Gasteiger partial charge is 0.255 e. The molecule has 1 heterocycles. The van der Waals surface area contributed by atoms with Gasteiger partial charge in [-0.2, -0.15) is 0 Å². The summed E-state index contributed by atoms with van der Waals surface area (Å²) in [6.45, 7) is 3.28. The molecular formula is C16H22N2O2. The molecule has 1 unspecified atom stereocenters. The standard InChI is InChI=1S/C16H22N2O2/c1-16(9-2-10-20-16)15(19)18(14-7-8-14)11-12-3-5-13(17)6-4-12/h3-6,14H,2,7-11,17H2,1H3. The van der Waals surface area contributed by atoms with Crippen LogP contribution in [-0.4, -0.2) is 29.1 Å². The Bertz CT molecular complexity index is 488. The van der Waals surface area contributed by atoms with Crippen LogP contribution in [0.15, 0.2) is 24.3 Å². The van der Waals surface area contributed by atoms with Gasteiger partial charge >= 0.3 is 0 Å². The molecule has 2 aliphatic rings. The Labute approximate surface area is 119 Å². The zero-order valence-electron chi connectivity index (χ0n) is 12.0. The number of hydrogen-bond acceptors (Lipinski definition) is 3. The number of rotatable bonds is 4. The first-order valence-electron chi connectivity index (χ1n) is 7.38. The third-order valence-electron chi connectivity index (χ3n) is 4.25. The Morgan fingerprint density at radius 3 is 2.65 bits per heavy atom. The van der Waals surface area contributed by atoms with Crippen molar-refractivity contribution in [3.05, 3.63) is 29.8 Å². The molecule has 1 amide bonds. The highest BCUT2D eigenvalue weighted by Gasteiger charge is 2.44. The minimum Gasteiger partial charge on any atom is -0.399 e. The third kappa shape index (κ3) is 2.66. The maximum absolute atomic E-state index is 12.8. The van der Waals surface area contributed by atoms with Gasteiger partial charge in [0.25, 0.3) is 5.91 Å². The Kier molecular flexibility index (Phi) is 3.42. The van der Waals surface area contributed by atoms with E-state index in [2.05, 4.69) is 0 Å². The largest absolute Gasteiger partial charge is 0.399 e. The Morgan fingerprint density at radius 1 is 1.40 bits per heavy atom.